The normalized spacial score (nSPS) is 16.2. The number of likely N-dealkylation sites (N-methyl/N-ethyl adjacent to an activating group) is 1. The third kappa shape index (κ3) is 5.13. The molecular weight excluding hydrogens is 294 g/mol. The molecule has 0 heterocycles. The third-order valence-electron chi connectivity index (χ3n) is 4.08. The van der Waals surface area contributed by atoms with E-state index in [2.05, 4.69) is 0 Å². The number of hydrogen-bond acceptors (Lipinski definition) is 4. The Bertz CT molecular complexity index is 344. The molecule has 2 amide bonds. The number of carbonyl (C=O) groups is 2. The van der Waals surface area contributed by atoms with Crippen molar-refractivity contribution < 1.29 is 14.3 Å². The maximum absolute atomic E-state index is 12.8. The fraction of sp³-hybridized carbons (Fsp3) is 0.857. The summed E-state index contributed by atoms with van der Waals surface area (Å²) in [6, 6.07) is 0. The van der Waals surface area contributed by atoms with Crippen molar-refractivity contribution in [1.82, 2.24) is 9.80 Å². The Hall–Kier alpha value is -0.850. The SMILES string of the molecule is COCCN(CC(=O)N(C)C)C(=O)C1(CN)CCCC1.Cl. The summed E-state index contributed by atoms with van der Waals surface area (Å²) in [7, 11) is 4.97. The predicted octanol–water partition coefficient (Wildman–Crippen LogP) is 0.491. The van der Waals surface area contributed by atoms with Gasteiger partial charge in [-0.1, -0.05) is 12.8 Å². The molecule has 0 atom stereocenters. The minimum absolute atomic E-state index is 0. The largest absolute Gasteiger partial charge is 0.383 e. The second-order valence-electron chi connectivity index (χ2n) is 5.70. The van der Waals surface area contributed by atoms with Crippen LogP contribution in [0, 0.1) is 5.41 Å². The number of rotatable bonds is 7. The van der Waals surface area contributed by atoms with Gasteiger partial charge < -0.3 is 20.3 Å². The Kier molecular flexibility index (Phi) is 8.85. The Labute approximate surface area is 133 Å². The topological polar surface area (TPSA) is 75.9 Å². The Morgan fingerprint density at radius 3 is 2.24 bits per heavy atom. The molecule has 1 saturated carbocycles. The van der Waals surface area contributed by atoms with Crippen LogP contribution >= 0.6 is 12.4 Å². The molecule has 1 aliphatic carbocycles. The average Bonchev–Trinajstić information content (AvgIpc) is 2.92. The van der Waals surface area contributed by atoms with Gasteiger partial charge >= 0.3 is 0 Å². The first-order valence-electron chi connectivity index (χ1n) is 7.15. The van der Waals surface area contributed by atoms with Crippen LogP contribution in [0.1, 0.15) is 25.7 Å². The van der Waals surface area contributed by atoms with Crippen LogP contribution in [0.5, 0.6) is 0 Å². The lowest BCUT2D eigenvalue weighted by molar-refractivity contribution is -0.146. The van der Waals surface area contributed by atoms with E-state index in [4.69, 9.17) is 10.5 Å². The molecule has 0 radical (unpaired) electrons. The molecule has 124 valence electrons. The Morgan fingerprint density at radius 2 is 1.81 bits per heavy atom. The van der Waals surface area contributed by atoms with E-state index in [1.807, 2.05) is 0 Å². The number of ether oxygens (including phenoxy) is 1. The molecule has 0 aromatic heterocycles. The van der Waals surface area contributed by atoms with Crippen molar-refractivity contribution in [3.63, 3.8) is 0 Å². The van der Waals surface area contributed by atoms with Crippen LogP contribution in [0.4, 0.5) is 0 Å². The lowest BCUT2D eigenvalue weighted by atomic mass is 9.84. The molecule has 7 heteroatoms. The molecule has 0 aliphatic heterocycles. The summed E-state index contributed by atoms with van der Waals surface area (Å²) in [5.74, 6) is -0.0793. The van der Waals surface area contributed by atoms with Gasteiger partial charge in [-0.15, -0.1) is 12.4 Å². The Morgan fingerprint density at radius 1 is 1.24 bits per heavy atom. The van der Waals surface area contributed by atoms with Crippen LogP contribution in [0.25, 0.3) is 0 Å². The van der Waals surface area contributed by atoms with Gasteiger partial charge in [0.05, 0.1) is 18.6 Å². The zero-order chi connectivity index (χ0) is 15.2. The van der Waals surface area contributed by atoms with E-state index in [0.717, 1.165) is 25.7 Å². The van der Waals surface area contributed by atoms with E-state index in [-0.39, 0.29) is 30.8 Å². The average molecular weight is 322 g/mol. The standard InChI is InChI=1S/C14H27N3O3.ClH/c1-16(2)12(18)10-17(8-9-20-3)13(19)14(11-15)6-4-5-7-14;/h4-11,15H2,1-3H3;1H. The Balaban J connectivity index is 0.00000400. The number of nitrogens with two attached hydrogens (primary N) is 1. The van der Waals surface area contributed by atoms with Crippen molar-refractivity contribution in [3.8, 4) is 0 Å². The number of methoxy groups -OCH3 is 1. The van der Waals surface area contributed by atoms with Crippen molar-refractivity contribution in [2.75, 3.05) is 47.4 Å². The summed E-state index contributed by atoms with van der Waals surface area (Å²) >= 11 is 0. The molecule has 6 nitrogen and oxygen atoms in total. The van der Waals surface area contributed by atoms with Gasteiger partial charge in [0.25, 0.3) is 0 Å². The molecule has 0 saturated heterocycles. The van der Waals surface area contributed by atoms with Crippen LogP contribution < -0.4 is 5.73 Å². The van der Waals surface area contributed by atoms with Crippen molar-refractivity contribution in [2.45, 2.75) is 25.7 Å². The summed E-state index contributed by atoms with van der Waals surface area (Å²) in [6.07, 6.45) is 3.70. The van der Waals surface area contributed by atoms with Crippen LogP contribution in [0.2, 0.25) is 0 Å². The van der Waals surface area contributed by atoms with Crippen molar-refractivity contribution in [3.05, 3.63) is 0 Å². The minimum Gasteiger partial charge on any atom is -0.383 e. The first-order valence-corrected chi connectivity index (χ1v) is 7.15. The van der Waals surface area contributed by atoms with Gasteiger partial charge in [-0.2, -0.15) is 0 Å². The highest BCUT2D eigenvalue weighted by molar-refractivity contribution is 5.88. The molecule has 0 aromatic carbocycles. The highest BCUT2D eigenvalue weighted by Crippen LogP contribution is 2.38. The second-order valence-corrected chi connectivity index (χ2v) is 5.70. The molecule has 0 spiro atoms. The molecule has 21 heavy (non-hydrogen) atoms. The third-order valence-corrected chi connectivity index (χ3v) is 4.08. The molecule has 2 N–H and O–H groups in total. The summed E-state index contributed by atoms with van der Waals surface area (Å²) in [5.41, 5.74) is 5.38. The zero-order valence-electron chi connectivity index (χ0n) is 13.3. The molecular formula is C14H28ClN3O3. The molecule has 1 rings (SSSR count). The maximum Gasteiger partial charge on any atom is 0.241 e. The number of carbonyl (C=O) groups excluding carboxylic acids is 2. The first kappa shape index (κ1) is 20.1. The van der Waals surface area contributed by atoms with Crippen molar-refractivity contribution >= 4 is 24.2 Å². The number of halogens is 1. The molecule has 1 aliphatic rings. The van der Waals surface area contributed by atoms with Gasteiger partial charge in [0.2, 0.25) is 11.8 Å². The van der Waals surface area contributed by atoms with Crippen LogP contribution in [-0.2, 0) is 14.3 Å². The zero-order valence-corrected chi connectivity index (χ0v) is 14.1. The van der Waals surface area contributed by atoms with E-state index in [1.165, 1.54) is 4.90 Å². The van der Waals surface area contributed by atoms with Gasteiger partial charge in [-0.25, -0.2) is 0 Å². The van der Waals surface area contributed by atoms with Crippen LogP contribution in [0.15, 0.2) is 0 Å². The molecule has 0 unspecified atom stereocenters. The lowest BCUT2D eigenvalue weighted by Gasteiger charge is -2.33. The summed E-state index contributed by atoms with van der Waals surface area (Å²) < 4.78 is 5.04. The van der Waals surface area contributed by atoms with E-state index in [1.54, 1.807) is 26.1 Å². The number of amides is 2. The monoisotopic (exact) mass is 321 g/mol. The predicted molar refractivity (Wildman–Crippen MR) is 84.4 cm³/mol. The van der Waals surface area contributed by atoms with Gasteiger partial charge in [-0.3, -0.25) is 9.59 Å². The van der Waals surface area contributed by atoms with Crippen LogP contribution in [-0.4, -0.2) is 69.1 Å². The second kappa shape index (κ2) is 9.23. The van der Waals surface area contributed by atoms with E-state index < -0.39 is 5.41 Å². The highest BCUT2D eigenvalue weighted by atomic mass is 35.5. The quantitative estimate of drug-likeness (QED) is 0.740. The van der Waals surface area contributed by atoms with Gasteiger partial charge in [0, 0.05) is 34.3 Å². The first-order chi connectivity index (χ1) is 9.46. The fourth-order valence-corrected chi connectivity index (χ4v) is 2.65. The van der Waals surface area contributed by atoms with E-state index in [9.17, 15) is 9.59 Å². The molecule has 0 bridgehead atoms. The summed E-state index contributed by atoms with van der Waals surface area (Å²) in [5, 5.41) is 0. The lowest BCUT2D eigenvalue weighted by Crippen LogP contribution is -2.50. The van der Waals surface area contributed by atoms with Gasteiger partial charge in [0.15, 0.2) is 0 Å². The smallest absolute Gasteiger partial charge is 0.241 e. The van der Waals surface area contributed by atoms with E-state index >= 15 is 0 Å². The minimum atomic E-state index is -0.472. The van der Waals surface area contributed by atoms with Gasteiger partial charge in [0.1, 0.15) is 0 Å². The number of hydrogen-bond donors (Lipinski definition) is 1. The summed E-state index contributed by atoms with van der Waals surface area (Å²) in [4.78, 5) is 27.8. The number of nitrogens with zero attached hydrogens (tertiary/aromatic N) is 2. The summed E-state index contributed by atoms with van der Waals surface area (Å²) in [6.45, 7) is 1.30. The van der Waals surface area contributed by atoms with E-state index in [0.29, 0.717) is 19.7 Å². The molecule has 0 aromatic rings. The van der Waals surface area contributed by atoms with Crippen molar-refractivity contribution in [2.24, 2.45) is 11.1 Å². The van der Waals surface area contributed by atoms with Crippen LogP contribution in [0.3, 0.4) is 0 Å². The fourth-order valence-electron chi connectivity index (χ4n) is 2.65. The highest BCUT2D eigenvalue weighted by Gasteiger charge is 2.42. The van der Waals surface area contributed by atoms with Crippen molar-refractivity contribution in [1.29, 1.82) is 0 Å². The van der Waals surface area contributed by atoms with Gasteiger partial charge in [-0.05, 0) is 12.8 Å². The maximum atomic E-state index is 12.8. The molecule has 1 fully saturated rings.